The fourth-order valence-electron chi connectivity index (χ4n) is 3.04. The first kappa shape index (κ1) is 21.0. The van der Waals surface area contributed by atoms with E-state index in [1.807, 2.05) is 0 Å². The fourth-order valence-corrected chi connectivity index (χ4v) is 3.04. The molecule has 0 fully saturated rings. The number of rotatable bonds is 17. The Bertz CT molecular complexity index is 179. The molecule has 1 atom stereocenters. The summed E-state index contributed by atoms with van der Waals surface area (Å²) in [6, 6.07) is 0.793. The van der Waals surface area contributed by atoms with Gasteiger partial charge in [0, 0.05) is 6.04 Å². The average molecular weight is 298 g/mol. The third kappa shape index (κ3) is 16.2. The SMILES string of the molecule is CCCCCCCCCCCC(CCCCC)NCCC. The van der Waals surface area contributed by atoms with E-state index in [4.69, 9.17) is 0 Å². The quantitative estimate of drug-likeness (QED) is 0.289. The van der Waals surface area contributed by atoms with Crippen molar-refractivity contribution in [2.24, 2.45) is 0 Å². The van der Waals surface area contributed by atoms with Gasteiger partial charge in [0.15, 0.2) is 0 Å². The molecule has 0 saturated carbocycles. The molecule has 0 aromatic rings. The van der Waals surface area contributed by atoms with Gasteiger partial charge in [-0.2, -0.15) is 0 Å². The van der Waals surface area contributed by atoms with Crippen molar-refractivity contribution in [3.8, 4) is 0 Å². The summed E-state index contributed by atoms with van der Waals surface area (Å²) in [5.41, 5.74) is 0. The van der Waals surface area contributed by atoms with Crippen molar-refractivity contribution < 1.29 is 0 Å². The second-order valence-electron chi connectivity index (χ2n) is 6.76. The minimum Gasteiger partial charge on any atom is -0.314 e. The van der Waals surface area contributed by atoms with Crippen molar-refractivity contribution in [2.45, 2.75) is 123 Å². The summed E-state index contributed by atoms with van der Waals surface area (Å²) in [7, 11) is 0. The van der Waals surface area contributed by atoms with Crippen molar-refractivity contribution in [1.82, 2.24) is 5.32 Å². The predicted octanol–water partition coefficient (Wildman–Crippen LogP) is 6.86. The highest BCUT2D eigenvalue weighted by atomic mass is 14.9. The van der Waals surface area contributed by atoms with Crippen LogP contribution in [0.2, 0.25) is 0 Å². The molecule has 128 valence electrons. The molecule has 0 aliphatic rings. The normalized spacial score (nSPS) is 12.7. The van der Waals surface area contributed by atoms with E-state index in [0.717, 1.165) is 6.04 Å². The van der Waals surface area contributed by atoms with Crippen LogP contribution in [0.15, 0.2) is 0 Å². The first-order valence-corrected chi connectivity index (χ1v) is 10.1. The Morgan fingerprint density at radius 1 is 0.524 bits per heavy atom. The van der Waals surface area contributed by atoms with Crippen LogP contribution in [0.3, 0.4) is 0 Å². The lowest BCUT2D eigenvalue weighted by atomic mass is 10.0. The molecule has 0 rings (SSSR count). The van der Waals surface area contributed by atoms with E-state index in [-0.39, 0.29) is 0 Å². The Kier molecular flexibility index (Phi) is 18.0. The Hall–Kier alpha value is -0.0400. The fraction of sp³-hybridized carbons (Fsp3) is 1.00. The molecule has 21 heavy (non-hydrogen) atoms. The minimum absolute atomic E-state index is 0.793. The number of hydrogen-bond acceptors (Lipinski definition) is 1. The first-order valence-electron chi connectivity index (χ1n) is 10.1. The van der Waals surface area contributed by atoms with Gasteiger partial charge in [0.1, 0.15) is 0 Å². The third-order valence-electron chi connectivity index (χ3n) is 4.50. The van der Waals surface area contributed by atoms with E-state index in [1.165, 1.54) is 103 Å². The summed E-state index contributed by atoms with van der Waals surface area (Å²) in [5.74, 6) is 0. The lowest BCUT2D eigenvalue weighted by Gasteiger charge is -2.18. The summed E-state index contributed by atoms with van der Waals surface area (Å²) in [6.45, 7) is 8.07. The van der Waals surface area contributed by atoms with Crippen molar-refractivity contribution in [3.63, 3.8) is 0 Å². The van der Waals surface area contributed by atoms with E-state index in [1.54, 1.807) is 0 Å². The van der Waals surface area contributed by atoms with Gasteiger partial charge in [0.25, 0.3) is 0 Å². The van der Waals surface area contributed by atoms with Gasteiger partial charge in [0.2, 0.25) is 0 Å². The van der Waals surface area contributed by atoms with Gasteiger partial charge in [-0.1, -0.05) is 97.8 Å². The standard InChI is InChI=1S/C20H43N/c1-4-7-9-10-11-12-13-14-16-18-20(21-19-6-3)17-15-8-5-2/h20-21H,4-19H2,1-3H3. The lowest BCUT2D eigenvalue weighted by Crippen LogP contribution is -2.29. The molecule has 0 aromatic heterocycles. The van der Waals surface area contributed by atoms with Crippen molar-refractivity contribution in [2.75, 3.05) is 6.54 Å². The van der Waals surface area contributed by atoms with Crippen LogP contribution in [-0.4, -0.2) is 12.6 Å². The summed E-state index contributed by atoms with van der Waals surface area (Å²) in [5, 5.41) is 3.75. The Balaban J connectivity index is 3.44. The first-order chi connectivity index (χ1) is 10.3. The zero-order valence-electron chi connectivity index (χ0n) is 15.4. The monoisotopic (exact) mass is 297 g/mol. The molecular weight excluding hydrogens is 254 g/mol. The van der Waals surface area contributed by atoms with Crippen LogP contribution in [-0.2, 0) is 0 Å². The largest absolute Gasteiger partial charge is 0.314 e. The van der Waals surface area contributed by atoms with Gasteiger partial charge in [-0.25, -0.2) is 0 Å². The highest BCUT2D eigenvalue weighted by molar-refractivity contribution is 4.67. The molecule has 1 nitrogen and oxygen atoms in total. The molecule has 1 N–H and O–H groups in total. The van der Waals surface area contributed by atoms with Crippen LogP contribution in [0.5, 0.6) is 0 Å². The molecule has 1 unspecified atom stereocenters. The van der Waals surface area contributed by atoms with Crippen LogP contribution < -0.4 is 5.32 Å². The summed E-state index contributed by atoms with van der Waals surface area (Å²) >= 11 is 0. The Morgan fingerprint density at radius 2 is 0.952 bits per heavy atom. The van der Waals surface area contributed by atoms with E-state index in [2.05, 4.69) is 26.1 Å². The second kappa shape index (κ2) is 18.0. The zero-order chi connectivity index (χ0) is 15.6. The topological polar surface area (TPSA) is 12.0 Å². The van der Waals surface area contributed by atoms with E-state index in [0.29, 0.717) is 0 Å². The number of nitrogens with one attached hydrogen (secondary N) is 1. The maximum absolute atomic E-state index is 3.75. The molecule has 0 aliphatic heterocycles. The van der Waals surface area contributed by atoms with E-state index >= 15 is 0 Å². The third-order valence-corrected chi connectivity index (χ3v) is 4.50. The van der Waals surface area contributed by atoms with Crippen molar-refractivity contribution in [1.29, 1.82) is 0 Å². The van der Waals surface area contributed by atoms with Gasteiger partial charge in [-0.3, -0.25) is 0 Å². The molecule has 0 aliphatic carbocycles. The highest BCUT2D eigenvalue weighted by Crippen LogP contribution is 2.14. The second-order valence-corrected chi connectivity index (χ2v) is 6.76. The summed E-state index contributed by atoms with van der Waals surface area (Å²) < 4.78 is 0. The van der Waals surface area contributed by atoms with Crippen molar-refractivity contribution in [3.05, 3.63) is 0 Å². The van der Waals surface area contributed by atoms with E-state index < -0.39 is 0 Å². The molecular formula is C20H43N. The lowest BCUT2D eigenvalue weighted by molar-refractivity contribution is 0.415. The minimum atomic E-state index is 0.793. The van der Waals surface area contributed by atoms with Crippen LogP contribution in [0.1, 0.15) is 117 Å². The maximum Gasteiger partial charge on any atom is 0.00670 e. The summed E-state index contributed by atoms with van der Waals surface area (Å²) in [4.78, 5) is 0. The van der Waals surface area contributed by atoms with Gasteiger partial charge >= 0.3 is 0 Å². The van der Waals surface area contributed by atoms with Gasteiger partial charge < -0.3 is 5.32 Å². The predicted molar refractivity (Wildman–Crippen MR) is 98.1 cm³/mol. The van der Waals surface area contributed by atoms with Crippen molar-refractivity contribution >= 4 is 0 Å². The molecule has 0 heterocycles. The van der Waals surface area contributed by atoms with E-state index in [9.17, 15) is 0 Å². The molecule has 0 radical (unpaired) electrons. The average Bonchev–Trinajstić information content (AvgIpc) is 2.50. The number of unbranched alkanes of at least 4 members (excludes halogenated alkanes) is 10. The number of hydrogen-bond donors (Lipinski definition) is 1. The van der Waals surface area contributed by atoms with Gasteiger partial charge in [0.05, 0.1) is 0 Å². The van der Waals surface area contributed by atoms with Gasteiger partial charge in [-0.15, -0.1) is 0 Å². The highest BCUT2D eigenvalue weighted by Gasteiger charge is 2.06. The summed E-state index contributed by atoms with van der Waals surface area (Å²) in [6.07, 6.45) is 21.2. The van der Waals surface area contributed by atoms with Crippen LogP contribution in [0.25, 0.3) is 0 Å². The smallest absolute Gasteiger partial charge is 0.00670 e. The Morgan fingerprint density at radius 3 is 1.48 bits per heavy atom. The molecule has 0 saturated heterocycles. The molecule has 0 spiro atoms. The van der Waals surface area contributed by atoms with Crippen LogP contribution >= 0.6 is 0 Å². The zero-order valence-corrected chi connectivity index (χ0v) is 15.4. The Labute approximate surface area is 135 Å². The molecule has 0 aromatic carbocycles. The maximum atomic E-state index is 3.75. The van der Waals surface area contributed by atoms with Crippen LogP contribution in [0.4, 0.5) is 0 Å². The molecule has 0 amide bonds. The molecule has 1 heteroatoms. The van der Waals surface area contributed by atoms with Gasteiger partial charge in [-0.05, 0) is 25.8 Å². The van der Waals surface area contributed by atoms with Crippen LogP contribution in [0, 0.1) is 0 Å². The molecule has 0 bridgehead atoms.